The SMILES string of the molecule is C.CCCC1(OC)CCCC[Si]1(OC)OC.Cl. The number of hydrogen-bond donors (Lipinski definition) is 0. The van der Waals surface area contributed by atoms with E-state index in [1.807, 2.05) is 0 Å². The molecule has 0 saturated carbocycles. The Kier molecular flexibility index (Phi) is 9.84. The van der Waals surface area contributed by atoms with Gasteiger partial charge in [0.05, 0.1) is 0 Å². The van der Waals surface area contributed by atoms with E-state index in [9.17, 15) is 0 Å². The molecule has 0 bridgehead atoms. The summed E-state index contributed by atoms with van der Waals surface area (Å²) in [7, 11) is 3.22. The first kappa shape index (κ1) is 19.7. The third kappa shape index (κ3) is 3.44. The first-order chi connectivity index (χ1) is 7.20. The summed E-state index contributed by atoms with van der Waals surface area (Å²) in [5.41, 5.74) is 0. The van der Waals surface area contributed by atoms with Gasteiger partial charge in [0.15, 0.2) is 0 Å². The minimum atomic E-state index is -2.15. The molecule has 1 atom stereocenters. The Hall–Kier alpha value is 0.387. The molecular weight excluding hydrogens is 256 g/mol. The molecule has 1 aliphatic rings. The van der Waals surface area contributed by atoms with Crippen molar-refractivity contribution in [2.45, 2.75) is 57.7 Å². The van der Waals surface area contributed by atoms with Crippen molar-refractivity contribution in [3.8, 4) is 0 Å². The highest BCUT2D eigenvalue weighted by Gasteiger charge is 2.58. The van der Waals surface area contributed by atoms with Crippen molar-refractivity contribution in [1.82, 2.24) is 0 Å². The van der Waals surface area contributed by atoms with Crippen LogP contribution in [-0.4, -0.2) is 35.1 Å². The van der Waals surface area contributed by atoms with E-state index in [0.717, 1.165) is 25.3 Å². The van der Waals surface area contributed by atoms with Crippen LogP contribution in [0.5, 0.6) is 0 Å². The van der Waals surface area contributed by atoms with E-state index in [0.29, 0.717) is 0 Å². The van der Waals surface area contributed by atoms with Gasteiger partial charge in [0.2, 0.25) is 0 Å². The molecule has 0 N–H and O–H groups in total. The third-order valence-corrected chi connectivity index (χ3v) is 8.16. The zero-order valence-electron chi connectivity index (χ0n) is 10.9. The van der Waals surface area contributed by atoms with Crippen LogP contribution in [-0.2, 0) is 13.6 Å². The molecule has 1 aliphatic heterocycles. The number of ether oxygens (including phenoxy) is 1. The topological polar surface area (TPSA) is 27.7 Å². The van der Waals surface area contributed by atoms with E-state index < -0.39 is 8.56 Å². The standard InChI is InChI=1S/C11H24O3Si.CH4.ClH/c1-5-8-11(12-2)9-6-7-10-15(11,13-3)14-4;;/h5-10H2,1-4H3;1H4;1H. The van der Waals surface area contributed by atoms with Gasteiger partial charge in [-0.05, 0) is 18.9 Å². The van der Waals surface area contributed by atoms with Crippen molar-refractivity contribution >= 4 is 21.0 Å². The number of hydrogen-bond acceptors (Lipinski definition) is 3. The average Bonchev–Trinajstić information content (AvgIpc) is 2.30. The molecule has 1 rings (SSSR count). The predicted molar refractivity (Wildman–Crippen MR) is 77.1 cm³/mol. The molecule has 106 valence electrons. The highest BCUT2D eigenvalue weighted by molar-refractivity contribution is 6.70. The van der Waals surface area contributed by atoms with Crippen LogP contribution >= 0.6 is 12.4 Å². The van der Waals surface area contributed by atoms with Crippen LogP contribution in [0.15, 0.2) is 0 Å². The van der Waals surface area contributed by atoms with Gasteiger partial charge >= 0.3 is 8.56 Å². The Morgan fingerprint density at radius 2 is 1.71 bits per heavy atom. The molecule has 0 radical (unpaired) electrons. The van der Waals surface area contributed by atoms with Gasteiger partial charge in [-0.2, -0.15) is 0 Å². The van der Waals surface area contributed by atoms with Gasteiger partial charge in [-0.15, -0.1) is 12.4 Å². The predicted octanol–water partition coefficient (Wildman–Crippen LogP) is 3.69. The van der Waals surface area contributed by atoms with Crippen LogP contribution in [0.1, 0.15) is 46.5 Å². The molecule has 0 amide bonds. The molecule has 1 fully saturated rings. The Bertz CT molecular complexity index is 196. The number of methoxy groups -OCH3 is 1. The molecule has 3 nitrogen and oxygen atoms in total. The van der Waals surface area contributed by atoms with E-state index in [1.54, 1.807) is 21.3 Å². The molecule has 0 spiro atoms. The first-order valence-electron chi connectivity index (χ1n) is 5.85. The fourth-order valence-electron chi connectivity index (χ4n) is 2.92. The van der Waals surface area contributed by atoms with E-state index in [1.165, 1.54) is 12.8 Å². The lowest BCUT2D eigenvalue weighted by atomic mass is 10.1. The van der Waals surface area contributed by atoms with Crippen molar-refractivity contribution in [3.05, 3.63) is 0 Å². The molecule has 1 unspecified atom stereocenters. The maximum Gasteiger partial charge on any atom is 0.370 e. The second-order valence-corrected chi connectivity index (χ2v) is 8.05. The van der Waals surface area contributed by atoms with Crippen LogP contribution in [0, 0.1) is 0 Å². The van der Waals surface area contributed by atoms with Crippen LogP contribution in [0.2, 0.25) is 6.04 Å². The summed E-state index contributed by atoms with van der Waals surface area (Å²) in [6.45, 7) is 2.19. The molecular formula is C12H29ClO3Si. The van der Waals surface area contributed by atoms with E-state index in [2.05, 4.69) is 6.92 Å². The summed E-state index contributed by atoms with van der Waals surface area (Å²) in [5.74, 6) is 0. The Labute approximate surface area is 114 Å². The van der Waals surface area contributed by atoms with Crippen LogP contribution in [0.4, 0.5) is 0 Å². The van der Waals surface area contributed by atoms with E-state index in [-0.39, 0.29) is 25.1 Å². The monoisotopic (exact) mass is 284 g/mol. The van der Waals surface area contributed by atoms with Gasteiger partial charge in [0.1, 0.15) is 5.22 Å². The highest BCUT2D eigenvalue weighted by Crippen LogP contribution is 2.42. The number of halogens is 1. The van der Waals surface area contributed by atoms with Crippen molar-refractivity contribution in [2.75, 3.05) is 21.3 Å². The minimum Gasteiger partial charge on any atom is -0.396 e. The van der Waals surface area contributed by atoms with Gasteiger partial charge in [0.25, 0.3) is 0 Å². The van der Waals surface area contributed by atoms with Gasteiger partial charge in [0, 0.05) is 21.3 Å². The molecule has 17 heavy (non-hydrogen) atoms. The summed E-state index contributed by atoms with van der Waals surface area (Å²) in [6, 6.07) is 1.06. The van der Waals surface area contributed by atoms with Crippen LogP contribution < -0.4 is 0 Å². The van der Waals surface area contributed by atoms with Gasteiger partial charge in [-0.25, -0.2) is 0 Å². The summed E-state index contributed by atoms with van der Waals surface area (Å²) in [4.78, 5) is 0. The average molecular weight is 285 g/mol. The largest absolute Gasteiger partial charge is 0.396 e. The second kappa shape index (κ2) is 8.48. The second-order valence-electron chi connectivity index (χ2n) is 4.32. The van der Waals surface area contributed by atoms with Crippen molar-refractivity contribution in [1.29, 1.82) is 0 Å². The van der Waals surface area contributed by atoms with Crippen molar-refractivity contribution in [3.63, 3.8) is 0 Å². The molecule has 1 heterocycles. The normalized spacial score (nSPS) is 26.8. The molecule has 0 aromatic carbocycles. The Morgan fingerprint density at radius 3 is 2.12 bits per heavy atom. The van der Waals surface area contributed by atoms with Crippen molar-refractivity contribution in [2.24, 2.45) is 0 Å². The lowest BCUT2D eigenvalue weighted by Gasteiger charge is -2.47. The quantitative estimate of drug-likeness (QED) is 0.721. The Balaban J connectivity index is 0. The first-order valence-corrected chi connectivity index (χ1v) is 7.88. The summed E-state index contributed by atoms with van der Waals surface area (Å²) in [6.07, 6.45) is 5.70. The molecule has 0 aromatic rings. The van der Waals surface area contributed by atoms with Gasteiger partial charge in [-0.3, -0.25) is 0 Å². The van der Waals surface area contributed by atoms with Crippen LogP contribution in [0.25, 0.3) is 0 Å². The summed E-state index contributed by atoms with van der Waals surface area (Å²) < 4.78 is 17.4. The molecule has 0 aromatic heterocycles. The smallest absolute Gasteiger partial charge is 0.370 e. The van der Waals surface area contributed by atoms with Gasteiger partial charge < -0.3 is 13.6 Å². The Morgan fingerprint density at radius 1 is 1.12 bits per heavy atom. The van der Waals surface area contributed by atoms with E-state index in [4.69, 9.17) is 13.6 Å². The fraction of sp³-hybridized carbons (Fsp3) is 1.00. The van der Waals surface area contributed by atoms with Crippen LogP contribution in [0.3, 0.4) is 0 Å². The highest BCUT2D eigenvalue weighted by atomic mass is 35.5. The molecule has 1 saturated heterocycles. The van der Waals surface area contributed by atoms with Crippen molar-refractivity contribution < 1.29 is 13.6 Å². The lowest BCUT2D eigenvalue weighted by Crippen LogP contribution is -2.64. The van der Waals surface area contributed by atoms with Gasteiger partial charge in [-0.1, -0.05) is 33.6 Å². The fourth-order valence-corrected chi connectivity index (χ4v) is 6.91. The molecule has 0 aliphatic carbocycles. The molecule has 5 heteroatoms. The summed E-state index contributed by atoms with van der Waals surface area (Å²) in [5, 5.41) is -0.122. The maximum absolute atomic E-state index is 5.83. The van der Waals surface area contributed by atoms with E-state index >= 15 is 0 Å². The maximum atomic E-state index is 5.83. The minimum absolute atomic E-state index is 0. The number of rotatable bonds is 5. The zero-order chi connectivity index (χ0) is 11.4. The third-order valence-electron chi connectivity index (χ3n) is 3.73. The lowest BCUT2D eigenvalue weighted by molar-refractivity contribution is -0.0149. The zero-order valence-corrected chi connectivity index (χ0v) is 12.7. The summed E-state index contributed by atoms with van der Waals surface area (Å²) >= 11 is 0.